The van der Waals surface area contributed by atoms with Crippen LogP contribution in [-0.2, 0) is 6.54 Å². The summed E-state index contributed by atoms with van der Waals surface area (Å²) in [6.45, 7) is 13.0. The van der Waals surface area contributed by atoms with Crippen LogP contribution >= 0.6 is 0 Å². The summed E-state index contributed by atoms with van der Waals surface area (Å²) in [6, 6.07) is 4.22. The van der Waals surface area contributed by atoms with Gasteiger partial charge >= 0.3 is 0 Å². The number of nitrogens with zero attached hydrogens (tertiary/aromatic N) is 2. The Morgan fingerprint density at radius 1 is 1.32 bits per heavy atom. The molecule has 0 aromatic carbocycles. The van der Waals surface area contributed by atoms with E-state index in [1.807, 2.05) is 12.3 Å². The van der Waals surface area contributed by atoms with Crippen molar-refractivity contribution in [3.05, 3.63) is 23.9 Å². The molecule has 0 unspecified atom stereocenters. The summed E-state index contributed by atoms with van der Waals surface area (Å²) < 4.78 is 0. The van der Waals surface area contributed by atoms with Crippen LogP contribution in [0.1, 0.15) is 46.1 Å². The van der Waals surface area contributed by atoms with Crippen LogP contribution < -0.4 is 10.2 Å². The maximum atomic E-state index is 4.59. The molecule has 3 nitrogen and oxygen atoms in total. The lowest BCUT2D eigenvalue weighted by molar-refractivity contribution is 0.551. The summed E-state index contributed by atoms with van der Waals surface area (Å²) in [5.74, 6) is 1.83. The predicted octanol–water partition coefficient (Wildman–Crippen LogP) is 3.45. The highest BCUT2D eigenvalue weighted by Gasteiger charge is 2.10. The van der Waals surface area contributed by atoms with Crippen LogP contribution in [0.5, 0.6) is 0 Å². The standard InChI is InChI=1S/C16H29N3/c1-5-7-11-19(6-2)16-15(9-8-10-18-16)13-17-12-14(3)4/h8-10,14,17H,5-7,11-13H2,1-4H3. The topological polar surface area (TPSA) is 28.2 Å². The van der Waals surface area contributed by atoms with Gasteiger partial charge in [-0.05, 0) is 31.9 Å². The highest BCUT2D eigenvalue weighted by atomic mass is 15.2. The Morgan fingerprint density at radius 2 is 2.11 bits per heavy atom. The lowest BCUT2D eigenvalue weighted by Crippen LogP contribution is -2.27. The molecule has 0 atom stereocenters. The quantitative estimate of drug-likeness (QED) is 0.739. The third kappa shape index (κ3) is 5.60. The molecule has 1 N–H and O–H groups in total. The highest BCUT2D eigenvalue weighted by Crippen LogP contribution is 2.17. The van der Waals surface area contributed by atoms with Gasteiger partial charge in [0.2, 0.25) is 0 Å². The van der Waals surface area contributed by atoms with Gasteiger partial charge in [0.25, 0.3) is 0 Å². The number of aromatic nitrogens is 1. The molecule has 0 spiro atoms. The van der Waals surface area contributed by atoms with Crippen molar-refractivity contribution in [3.8, 4) is 0 Å². The number of hydrogen-bond donors (Lipinski definition) is 1. The van der Waals surface area contributed by atoms with Crippen LogP contribution in [0, 0.1) is 5.92 Å². The monoisotopic (exact) mass is 263 g/mol. The number of hydrogen-bond acceptors (Lipinski definition) is 3. The van der Waals surface area contributed by atoms with Crippen molar-refractivity contribution in [1.82, 2.24) is 10.3 Å². The lowest BCUT2D eigenvalue weighted by atomic mass is 10.2. The second-order valence-electron chi connectivity index (χ2n) is 5.44. The summed E-state index contributed by atoms with van der Waals surface area (Å²) >= 11 is 0. The molecule has 0 aliphatic heterocycles. The van der Waals surface area contributed by atoms with E-state index >= 15 is 0 Å². The van der Waals surface area contributed by atoms with Crippen molar-refractivity contribution in [2.75, 3.05) is 24.5 Å². The molecule has 19 heavy (non-hydrogen) atoms. The molecule has 3 heteroatoms. The Balaban J connectivity index is 2.69. The molecule has 0 saturated carbocycles. The number of pyridine rings is 1. The Kier molecular flexibility index (Phi) is 7.49. The zero-order chi connectivity index (χ0) is 14.1. The minimum atomic E-state index is 0.683. The van der Waals surface area contributed by atoms with E-state index in [1.165, 1.54) is 18.4 Å². The maximum Gasteiger partial charge on any atom is 0.132 e. The number of rotatable bonds is 9. The van der Waals surface area contributed by atoms with Crippen LogP contribution in [0.25, 0.3) is 0 Å². The van der Waals surface area contributed by atoms with Gasteiger partial charge in [0.1, 0.15) is 5.82 Å². The van der Waals surface area contributed by atoms with E-state index in [0.717, 1.165) is 32.0 Å². The van der Waals surface area contributed by atoms with E-state index in [4.69, 9.17) is 0 Å². The summed E-state index contributed by atoms with van der Waals surface area (Å²) in [4.78, 5) is 6.97. The Hall–Kier alpha value is -1.09. The van der Waals surface area contributed by atoms with Gasteiger partial charge in [0, 0.05) is 31.4 Å². The molecule has 0 fully saturated rings. The van der Waals surface area contributed by atoms with Crippen LogP contribution in [0.2, 0.25) is 0 Å². The molecular weight excluding hydrogens is 234 g/mol. The zero-order valence-corrected chi connectivity index (χ0v) is 12.9. The van der Waals surface area contributed by atoms with E-state index in [-0.39, 0.29) is 0 Å². The molecule has 1 aromatic rings. The predicted molar refractivity (Wildman–Crippen MR) is 83.6 cm³/mol. The second-order valence-corrected chi connectivity index (χ2v) is 5.44. The molecule has 1 aromatic heterocycles. The number of unbranched alkanes of at least 4 members (excludes halogenated alkanes) is 1. The third-order valence-corrected chi connectivity index (χ3v) is 3.20. The number of nitrogens with one attached hydrogen (secondary N) is 1. The summed E-state index contributed by atoms with van der Waals surface area (Å²) in [6.07, 6.45) is 4.35. The van der Waals surface area contributed by atoms with Crippen LogP contribution in [0.4, 0.5) is 5.82 Å². The van der Waals surface area contributed by atoms with Gasteiger partial charge in [-0.15, -0.1) is 0 Å². The van der Waals surface area contributed by atoms with Crippen molar-refractivity contribution in [2.45, 2.75) is 47.1 Å². The fourth-order valence-corrected chi connectivity index (χ4v) is 2.11. The minimum Gasteiger partial charge on any atom is -0.357 e. The van der Waals surface area contributed by atoms with Gasteiger partial charge < -0.3 is 10.2 Å². The Bertz CT molecular complexity index is 350. The van der Waals surface area contributed by atoms with Gasteiger partial charge in [-0.25, -0.2) is 4.98 Å². The van der Waals surface area contributed by atoms with Gasteiger partial charge in [-0.1, -0.05) is 33.3 Å². The van der Waals surface area contributed by atoms with E-state index in [0.29, 0.717) is 5.92 Å². The minimum absolute atomic E-state index is 0.683. The molecule has 0 aliphatic rings. The lowest BCUT2D eigenvalue weighted by Gasteiger charge is -2.24. The van der Waals surface area contributed by atoms with Crippen LogP contribution in [0.3, 0.4) is 0 Å². The van der Waals surface area contributed by atoms with Gasteiger partial charge in [0.15, 0.2) is 0 Å². The average molecular weight is 263 g/mol. The van der Waals surface area contributed by atoms with Crippen molar-refractivity contribution in [1.29, 1.82) is 0 Å². The molecule has 0 bridgehead atoms. The SMILES string of the molecule is CCCCN(CC)c1ncccc1CNCC(C)C. The first-order valence-corrected chi connectivity index (χ1v) is 7.58. The summed E-state index contributed by atoms with van der Waals surface area (Å²) in [7, 11) is 0. The summed E-state index contributed by atoms with van der Waals surface area (Å²) in [5, 5.41) is 3.51. The van der Waals surface area contributed by atoms with E-state index in [1.54, 1.807) is 0 Å². The first-order valence-electron chi connectivity index (χ1n) is 7.58. The molecular formula is C16H29N3. The average Bonchev–Trinajstić information content (AvgIpc) is 2.40. The highest BCUT2D eigenvalue weighted by molar-refractivity contribution is 5.46. The van der Waals surface area contributed by atoms with E-state index < -0.39 is 0 Å². The van der Waals surface area contributed by atoms with Crippen molar-refractivity contribution >= 4 is 5.82 Å². The third-order valence-electron chi connectivity index (χ3n) is 3.20. The van der Waals surface area contributed by atoms with Crippen molar-refractivity contribution in [3.63, 3.8) is 0 Å². The summed E-state index contributed by atoms with van der Waals surface area (Å²) in [5.41, 5.74) is 1.31. The molecule has 0 radical (unpaired) electrons. The van der Waals surface area contributed by atoms with Crippen molar-refractivity contribution < 1.29 is 0 Å². The first-order chi connectivity index (χ1) is 9.19. The molecule has 0 aliphatic carbocycles. The molecule has 0 saturated heterocycles. The fourth-order valence-electron chi connectivity index (χ4n) is 2.11. The maximum absolute atomic E-state index is 4.59. The Labute approximate surface area is 118 Å². The van der Waals surface area contributed by atoms with Crippen LogP contribution in [-0.4, -0.2) is 24.6 Å². The second kappa shape index (κ2) is 8.92. The van der Waals surface area contributed by atoms with Gasteiger partial charge in [-0.3, -0.25) is 0 Å². The largest absolute Gasteiger partial charge is 0.357 e. The van der Waals surface area contributed by atoms with Gasteiger partial charge in [-0.2, -0.15) is 0 Å². The van der Waals surface area contributed by atoms with E-state index in [9.17, 15) is 0 Å². The van der Waals surface area contributed by atoms with Crippen molar-refractivity contribution in [2.24, 2.45) is 5.92 Å². The molecule has 1 rings (SSSR count). The molecule has 0 amide bonds. The number of anilines is 1. The molecule has 108 valence electrons. The smallest absolute Gasteiger partial charge is 0.132 e. The molecule has 1 heterocycles. The van der Waals surface area contributed by atoms with Crippen LogP contribution in [0.15, 0.2) is 18.3 Å². The van der Waals surface area contributed by atoms with E-state index in [2.05, 4.69) is 49.0 Å². The van der Waals surface area contributed by atoms with Gasteiger partial charge in [0.05, 0.1) is 0 Å². The first kappa shape index (κ1) is 16.0. The fraction of sp³-hybridized carbons (Fsp3) is 0.688. The normalized spacial score (nSPS) is 11.0. The Morgan fingerprint density at radius 3 is 2.74 bits per heavy atom. The zero-order valence-electron chi connectivity index (χ0n) is 12.9.